The fourth-order valence-electron chi connectivity index (χ4n) is 4.19. The van der Waals surface area contributed by atoms with Crippen molar-refractivity contribution in [2.75, 3.05) is 13.1 Å². The van der Waals surface area contributed by atoms with Gasteiger partial charge < -0.3 is 9.88 Å². The maximum absolute atomic E-state index is 14.0. The van der Waals surface area contributed by atoms with Crippen molar-refractivity contribution < 1.29 is 13.6 Å². The molecule has 1 amide bonds. The lowest BCUT2D eigenvalue weighted by Crippen LogP contribution is -2.30. The summed E-state index contributed by atoms with van der Waals surface area (Å²) in [5.41, 5.74) is 0.780. The van der Waals surface area contributed by atoms with E-state index in [0.717, 1.165) is 60.6 Å². The van der Waals surface area contributed by atoms with Gasteiger partial charge in [-0.05, 0) is 25.1 Å². The van der Waals surface area contributed by atoms with Crippen molar-refractivity contribution in [3.8, 4) is 10.6 Å². The Morgan fingerprint density at radius 1 is 1.11 bits per heavy atom. The normalized spacial score (nSPS) is 14.8. The molecule has 3 heterocycles. The molecule has 2 aromatic heterocycles. The fraction of sp³-hybridized carbons (Fsp3) is 0.280. The van der Waals surface area contributed by atoms with Crippen LogP contribution in [0.4, 0.5) is 8.78 Å². The van der Waals surface area contributed by atoms with Gasteiger partial charge in [-0.3, -0.25) is 9.69 Å². The molecule has 2 aromatic carbocycles. The Hall–Kier alpha value is -3.50. The molecule has 1 atom stereocenters. The van der Waals surface area contributed by atoms with Crippen molar-refractivity contribution in [3.05, 3.63) is 88.5 Å². The van der Waals surface area contributed by atoms with Gasteiger partial charge >= 0.3 is 0 Å². The third kappa shape index (κ3) is 5.13. The molecule has 0 bridgehead atoms. The van der Waals surface area contributed by atoms with Crippen molar-refractivity contribution in [3.63, 3.8) is 0 Å². The summed E-state index contributed by atoms with van der Waals surface area (Å²) in [5.74, 6) is -0.699. The summed E-state index contributed by atoms with van der Waals surface area (Å²) in [6, 6.07) is 12.4. The molecule has 0 saturated heterocycles. The van der Waals surface area contributed by atoms with E-state index in [4.69, 9.17) is 0 Å². The Morgan fingerprint density at radius 3 is 2.77 bits per heavy atom. The number of carbonyl (C=O) groups is 1. The minimum absolute atomic E-state index is 0.335. The van der Waals surface area contributed by atoms with Crippen molar-refractivity contribution in [1.29, 1.82) is 0 Å². The first-order valence-corrected chi connectivity index (χ1v) is 12.2. The zero-order chi connectivity index (χ0) is 24.4. The number of benzene rings is 2. The van der Waals surface area contributed by atoms with E-state index < -0.39 is 23.6 Å². The van der Waals surface area contributed by atoms with Crippen LogP contribution in [0, 0.1) is 11.6 Å². The summed E-state index contributed by atoms with van der Waals surface area (Å²) < 4.78 is 29.5. The van der Waals surface area contributed by atoms with Gasteiger partial charge in [-0.1, -0.05) is 30.3 Å². The third-order valence-corrected chi connectivity index (χ3v) is 7.04. The number of rotatable bonds is 6. The summed E-state index contributed by atoms with van der Waals surface area (Å²) in [6.07, 6.45) is 2.66. The minimum atomic E-state index is -0.773. The Morgan fingerprint density at radius 2 is 1.94 bits per heavy atom. The van der Waals surface area contributed by atoms with Crippen molar-refractivity contribution >= 4 is 17.2 Å². The van der Waals surface area contributed by atoms with Crippen LogP contribution >= 0.6 is 11.3 Å². The average molecular weight is 495 g/mol. The topological polar surface area (TPSA) is 75.9 Å². The molecule has 0 radical (unpaired) electrons. The number of nitrogens with zero attached hydrogens (tertiary/aromatic N) is 5. The number of hydrogen-bond donors (Lipinski definition) is 1. The lowest BCUT2D eigenvalue weighted by atomic mass is 10.1. The molecule has 7 nitrogen and oxygen atoms in total. The Balaban J connectivity index is 1.24. The second-order valence-corrected chi connectivity index (χ2v) is 9.58. The molecule has 4 aromatic rings. The van der Waals surface area contributed by atoms with Crippen molar-refractivity contribution in [1.82, 2.24) is 30.0 Å². The number of hydrogen-bond acceptors (Lipinski definition) is 6. The number of aromatic nitrogens is 4. The van der Waals surface area contributed by atoms with Crippen LogP contribution in [0.3, 0.4) is 0 Å². The second kappa shape index (κ2) is 10.0. The molecule has 5 rings (SSSR count). The SMILES string of the molecule is C[C@@H](NC(=O)c1cc(F)ccc1F)c1nnc2n1CCN(Cc1cnc(-c3ccccc3)s1)CC2. The quantitative estimate of drug-likeness (QED) is 0.434. The van der Waals surface area contributed by atoms with E-state index in [1.54, 1.807) is 18.3 Å². The molecule has 0 fully saturated rings. The highest BCUT2D eigenvalue weighted by Gasteiger charge is 2.24. The molecule has 1 aliphatic heterocycles. The van der Waals surface area contributed by atoms with Gasteiger partial charge in [-0.2, -0.15) is 0 Å². The fourth-order valence-corrected chi connectivity index (χ4v) is 5.15. The van der Waals surface area contributed by atoms with Crippen LogP contribution in [0.25, 0.3) is 10.6 Å². The van der Waals surface area contributed by atoms with Gasteiger partial charge in [0.05, 0.1) is 11.6 Å². The number of thiazole rings is 1. The van der Waals surface area contributed by atoms with E-state index in [2.05, 4.69) is 37.5 Å². The highest BCUT2D eigenvalue weighted by atomic mass is 32.1. The van der Waals surface area contributed by atoms with Gasteiger partial charge in [0.2, 0.25) is 0 Å². The van der Waals surface area contributed by atoms with Crippen LogP contribution in [0.5, 0.6) is 0 Å². The number of amides is 1. The summed E-state index contributed by atoms with van der Waals surface area (Å²) in [7, 11) is 0. The first-order valence-electron chi connectivity index (χ1n) is 11.4. The smallest absolute Gasteiger partial charge is 0.254 e. The van der Waals surface area contributed by atoms with E-state index in [0.29, 0.717) is 12.4 Å². The lowest BCUT2D eigenvalue weighted by Gasteiger charge is -2.19. The highest BCUT2D eigenvalue weighted by molar-refractivity contribution is 7.15. The summed E-state index contributed by atoms with van der Waals surface area (Å²) in [6.45, 7) is 4.83. The highest BCUT2D eigenvalue weighted by Crippen LogP contribution is 2.26. The van der Waals surface area contributed by atoms with Crippen LogP contribution in [-0.2, 0) is 19.5 Å². The Kier molecular flexibility index (Phi) is 6.65. The van der Waals surface area contributed by atoms with E-state index in [9.17, 15) is 13.6 Å². The summed E-state index contributed by atoms with van der Waals surface area (Å²) in [4.78, 5) is 20.7. The van der Waals surface area contributed by atoms with Crippen LogP contribution in [0.2, 0.25) is 0 Å². The lowest BCUT2D eigenvalue weighted by molar-refractivity contribution is 0.0933. The van der Waals surface area contributed by atoms with Gasteiger partial charge in [-0.15, -0.1) is 21.5 Å². The maximum Gasteiger partial charge on any atom is 0.254 e. The summed E-state index contributed by atoms with van der Waals surface area (Å²) in [5, 5.41) is 12.3. The minimum Gasteiger partial charge on any atom is -0.342 e. The van der Waals surface area contributed by atoms with Crippen LogP contribution < -0.4 is 5.32 Å². The Labute approximate surface area is 205 Å². The number of nitrogens with one attached hydrogen (secondary N) is 1. The van der Waals surface area contributed by atoms with Crippen LogP contribution in [0.15, 0.2) is 54.7 Å². The van der Waals surface area contributed by atoms with Crippen LogP contribution in [0.1, 0.15) is 39.8 Å². The molecular formula is C25H24F2N6OS. The largest absolute Gasteiger partial charge is 0.342 e. The van der Waals surface area contributed by atoms with Gasteiger partial charge in [-0.25, -0.2) is 13.8 Å². The monoisotopic (exact) mass is 494 g/mol. The standard InChI is InChI=1S/C25H24F2N6OS/c1-16(29-24(34)20-13-18(26)7-8-21(20)27)23-31-30-22-9-10-32(11-12-33(22)23)15-19-14-28-25(35-19)17-5-3-2-4-6-17/h2-8,13-14,16H,9-12,15H2,1H3,(H,29,34)/t16-/m1/s1. The average Bonchev–Trinajstić information content (AvgIpc) is 3.45. The summed E-state index contributed by atoms with van der Waals surface area (Å²) >= 11 is 1.69. The molecule has 10 heteroatoms. The van der Waals surface area contributed by atoms with Crippen molar-refractivity contribution in [2.45, 2.75) is 32.5 Å². The van der Waals surface area contributed by atoms with Crippen molar-refractivity contribution in [2.24, 2.45) is 0 Å². The molecule has 0 spiro atoms. The van der Waals surface area contributed by atoms with Gasteiger partial charge in [0.25, 0.3) is 5.91 Å². The predicted molar refractivity (Wildman–Crippen MR) is 129 cm³/mol. The van der Waals surface area contributed by atoms with E-state index >= 15 is 0 Å². The molecule has 0 unspecified atom stereocenters. The van der Waals surface area contributed by atoms with Gasteiger partial charge in [0.1, 0.15) is 22.5 Å². The molecule has 0 saturated carbocycles. The van der Waals surface area contributed by atoms with Crippen LogP contribution in [-0.4, -0.2) is 43.6 Å². The Bertz CT molecular complexity index is 1340. The van der Waals surface area contributed by atoms with E-state index in [-0.39, 0.29) is 5.56 Å². The number of carbonyl (C=O) groups excluding carboxylic acids is 1. The first kappa shape index (κ1) is 23.3. The zero-order valence-electron chi connectivity index (χ0n) is 19.1. The third-order valence-electron chi connectivity index (χ3n) is 6.01. The second-order valence-electron chi connectivity index (χ2n) is 8.47. The number of fused-ring (bicyclic) bond motifs is 1. The predicted octanol–water partition coefficient (Wildman–Crippen LogP) is 4.23. The molecule has 1 aliphatic rings. The van der Waals surface area contributed by atoms with Gasteiger partial charge in [0.15, 0.2) is 5.82 Å². The maximum atomic E-state index is 14.0. The van der Waals surface area contributed by atoms with E-state index in [1.165, 1.54) is 4.88 Å². The number of halogens is 2. The molecule has 1 N–H and O–H groups in total. The molecule has 35 heavy (non-hydrogen) atoms. The zero-order valence-corrected chi connectivity index (χ0v) is 19.9. The van der Waals surface area contributed by atoms with Gasteiger partial charge in [0, 0.05) is 49.2 Å². The molecular weight excluding hydrogens is 470 g/mol. The molecule has 180 valence electrons. The molecule has 0 aliphatic carbocycles. The first-order chi connectivity index (χ1) is 17.0. The van der Waals surface area contributed by atoms with E-state index in [1.807, 2.05) is 29.0 Å².